The number of nitrogens with zero attached hydrogens (tertiary/aromatic N) is 4. The van der Waals surface area contributed by atoms with Gasteiger partial charge in [-0.3, -0.25) is 9.36 Å². The van der Waals surface area contributed by atoms with Crippen molar-refractivity contribution in [1.82, 2.24) is 14.8 Å². The lowest BCUT2D eigenvalue weighted by Gasteiger charge is -2.11. The van der Waals surface area contributed by atoms with E-state index in [9.17, 15) is 4.79 Å². The number of hydrogen-bond acceptors (Lipinski definition) is 6. The Hall–Kier alpha value is -4.09. The molecule has 3 aromatic carbocycles. The predicted octanol–water partition coefficient (Wildman–Crippen LogP) is 4.76. The Labute approximate surface area is 196 Å². The third-order valence-electron chi connectivity index (χ3n) is 4.82. The van der Waals surface area contributed by atoms with Crippen molar-refractivity contribution in [2.75, 3.05) is 11.1 Å². The summed E-state index contributed by atoms with van der Waals surface area (Å²) in [5.41, 5.74) is 3.25. The molecule has 0 spiro atoms. The van der Waals surface area contributed by atoms with Gasteiger partial charge in [-0.05, 0) is 55.0 Å². The number of hydrogen-bond donors (Lipinski definition) is 1. The number of thioether (sulfide) groups is 1. The molecule has 0 aliphatic rings. The van der Waals surface area contributed by atoms with Gasteiger partial charge >= 0.3 is 0 Å². The maximum atomic E-state index is 12.5. The average Bonchev–Trinajstić information content (AvgIpc) is 3.26. The van der Waals surface area contributed by atoms with Crippen molar-refractivity contribution < 1.29 is 9.53 Å². The Kier molecular flexibility index (Phi) is 7.03. The van der Waals surface area contributed by atoms with Gasteiger partial charge < -0.3 is 10.1 Å². The summed E-state index contributed by atoms with van der Waals surface area (Å²) in [6.07, 6.45) is 0. The first kappa shape index (κ1) is 22.1. The van der Waals surface area contributed by atoms with Crippen LogP contribution < -0.4 is 10.1 Å². The summed E-state index contributed by atoms with van der Waals surface area (Å²) in [6, 6.07) is 26.3. The summed E-state index contributed by atoms with van der Waals surface area (Å²) in [7, 11) is 0. The molecule has 1 amide bonds. The second kappa shape index (κ2) is 10.5. The van der Waals surface area contributed by atoms with Gasteiger partial charge in [0.05, 0.1) is 17.4 Å². The molecule has 7 nitrogen and oxygen atoms in total. The lowest BCUT2D eigenvalue weighted by atomic mass is 10.2. The van der Waals surface area contributed by atoms with E-state index in [0.717, 1.165) is 16.9 Å². The number of anilines is 1. The van der Waals surface area contributed by atoms with Gasteiger partial charge in [0.15, 0.2) is 11.0 Å². The number of nitriles is 1. The Bertz CT molecular complexity index is 1280. The Morgan fingerprint density at radius 1 is 1.03 bits per heavy atom. The molecule has 33 heavy (non-hydrogen) atoms. The minimum absolute atomic E-state index is 0.118. The van der Waals surface area contributed by atoms with Gasteiger partial charge in [0.25, 0.3) is 0 Å². The highest BCUT2D eigenvalue weighted by atomic mass is 32.2. The first-order valence-corrected chi connectivity index (χ1v) is 11.2. The summed E-state index contributed by atoms with van der Waals surface area (Å²) >= 11 is 1.31. The van der Waals surface area contributed by atoms with Crippen LogP contribution in [0.2, 0.25) is 0 Å². The van der Waals surface area contributed by atoms with E-state index in [1.54, 1.807) is 24.3 Å². The third-order valence-corrected chi connectivity index (χ3v) is 5.75. The van der Waals surface area contributed by atoms with Crippen molar-refractivity contribution in [2.24, 2.45) is 0 Å². The topological polar surface area (TPSA) is 92.8 Å². The van der Waals surface area contributed by atoms with E-state index in [4.69, 9.17) is 10.00 Å². The molecule has 1 N–H and O–H groups in total. The van der Waals surface area contributed by atoms with Crippen LogP contribution in [-0.4, -0.2) is 26.4 Å². The minimum Gasteiger partial charge on any atom is -0.486 e. The molecule has 0 saturated heterocycles. The second-order valence-electron chi connectivity index (χ2n) is 7.15. The van der Waals surface area contributed by atoms with Crippen LogP contribution in [0.5, 0.6) is 5.75 Å². The van der Waals surface area contributed by atoms with Crippen LogP contribution in [0, 0.1) is 18.3 Å². The molecule has 0 bridgehead atoms. The van der Waals surface area contributed by atoms with Crippen LogP contribution in [0.25, 0.3) is 5.69 Å². The number of carbonyl (C=O) groups excluding carboxylic acids is 1. The number of aromatic nitrogens is 3. The highest BCUT2D eigenvalue weighted by Crippen LogP contribution is 2.24. The largest absolute Gasteiger partial charge is 0.486 e. The molecule has 0 aliphatic heterocycles. The van der Waals surface area contributed by atoms with Gasteiger partial charge in [-0.15, -0.1) is 10.2 Å². The first-order chi connectivity index (χ1) is 16.1. The van der Waals surface area contributed by atoms with Crippen LogP contribution in [0.4, 0.5) is 5.69 Å². The number of para-hydroxylation sites is 2. The molecule has 0 saturated carbocycles. The van der Waals surface area contributed by atoms with Gasteiger partial charge in [-0.2, -0.15) is 5.26 Å². The Morgan fingerprint density at radius 2 is 1.76 bits per heavy atom. The molecule has 4 aromatic rings. The molecule has 0 fully saturated rings. The molecule has 1 heterocycles. The van der Waals surface area contributed by atoms with Crippen molar-refractivity contribution >= 4 is 23.4 Å². The lowest BCUT2D eigenvalue weighted by molar-refractivity contribution is -0.113. The first-order valence-electron chi connectivity index (χ1n) is 10.2. The quantitative estimate of drug-likeness (QED) is 0.385. The van der Waals surface area contributed by atoms with Gasteiger partial charge in [-0.1, -0.05) is 48.2 Å². The zero-order chi connectivity index (χ0) is 23.0. The number of rotatable bonds is 8. The zero-order valence-electron chi connectivity index (χ0n) is 17.9. The standard InChI is InChI=1S/C25H21N5O2S/c1-18-7-5-6-10-22(18)27-24(31)17-33-25-29-28-23(30(25)20-8-3-2-4-9-20)16-32-21-13-11-19(15-26)12-14-21/h2-14H,16-17H2,1H3,(H,27,31). The van der Waals surface area contributed by atoms with Crippen molar-refractivity contribution in [2.45, 2.75) is 18.7 Å². The molecule has 0 radical (unpaired) electrons. The molecule has 164 valence electrons. The summed E-state index contributed by atoms with van der Waals surface area (Å²) in [6.45, 7) is 2.14. The number of aryl methyl sites for hydroxylation is 1. The van der Waals surface area contributed by atoms with E-state index < -0.39 is 0 Å². The van der Waals surface area contributed by atoms with Crippen LogP contribution >= 0.6 is 11.8 Å². The van der Waals surface area contributed by atoms with Crippen molar-refractivity contribution in [3.05, 3.63) is 95.8 Å². The highest BCUT2D eigenvalue weighted by molar-refractivity contribution is 7.99. The average molecular weight is 456 g/mol. The predicted molar refractivity (Wildman–Crippen MR) is 127 cm³/mol. The minimum atomic E-state index is -0.118. The number of carbonyl (C=O) groups is 1. The molecule has 0 aliphatic carbocycles. The second-order valence-corrected chi connectivity index (χ2v) is 8.09. The van der Waals surface area contributed by atoms with Crippen LogP contribution in [-0.2, 0) is 11.4 Å². The lowest BCUT2D eigenvalue weighted by Crippen LogP contribution is -2.15. The van der Waals surface area contributed by atoms with Gasteiger partial charge in [0.1, 0.15) is 12.4 Å². The maximum Gasteiger partial charge on any atom is 0.234 e. The maximum absolute atomic E-state index is 12.5. The molecular weight excluding hydrogens is 434 g/mol. The molecule has 1 aromatic heterocycles. The molecular formula is C25H21N5O2S. The monoisotopic (exact) mass is 455 g/mol. The van der Waals surface area contributed by atoms with Gasteiger partial charge in [-0.25, -0.2) is 0 Å². The molecule has 8 heteroatoms. The SMILES string of the molecule is Cc1ccccc1NC(=O)CSc1nnc(COc2ccc(C#N)cc2)n1-c1ccccc1. The number of nitrogens with one attached hydrogen (secondary N) is 1. The Balaban J connectivity index is 1.49. The summed E-state index contributed by atoms with van der Waals surface area (Å²) < 4.78 is 7.75. The van der Waals surface area contributed by atoms with E-state index >= 15 is 0 Å². The van der Waals surface area contributed by atoms with E-state index in [2.05, 4.69) is 21.6 Å². The molecule has 0 unspecified atom stereocenters. The normalized spacial score (nSPS) is 10.4. The van der Waals surface area contributed by atoms with E-state index in [0.29, 0.717) is 22.3 Å². The Morgan fingerprint density at radius 3 is 2.48 bits per heavy atom. The fraction of sp³-hybridized carbons (Fsp3) is 0.120. The molecule has 4 rings (SSSR count). The van der Waals surface area contributed by atoms with E-state index in [1.165, 1.54) is 11.8 Å². The molecule has 0 atom stereocenters. The summed E-state index contributed by atoms with van der Waals surface area (Å²) in [5.74, 6) is 1.30. The van der Waals surface area contributed by atoms with Crippen molar-refractivity contribution in [3.63, 3.8) is 0 Å². The van der Waals surface area contributed by atoms with E-state index in [-0.39, 0.29) is 18.3 Å². The number of benzene rings is 3. The van der Waals surface area contributed by atoms with Crippen LogP contribution in [0.1, 0.15) is 17.0 Å². The van der Waals surface area contributed by atoms with Crippen LogP contribution in [0.15, 0.2) is 84.0 Å². The van der Waals surface area contributed by atoms with Gasteiger partial charge in [0, 0.05) is 11.4 Å². The van der Waals surface area contributed by atoms with Crippen molar-refractivity contribution in [3.8, 4) is 17.5 Å². The highest BCUT2D eigenvalue weighted by Gasteiger charge is 2.17. The van der Waals surface area contributed by atoms with Crippen LogP contribution in [0.3, 0.4) is 0 Å². The fourth-order valence-corrected chi connectivity index (χ4v) is 3.90. The third kappa shape index (κ3) is 5.59. The fourth-order valence-electron chi connectivity index (χ4n) is 3.13. The van der Waals surface area contributed by atoms with Crippen molar-refractivity contribution in [1.29, 1.82) is 5.26 Å². The summed E-state index contributed by atoms with van der Waals surface area (Å²) in [4.78, 5) is 12.5. The number of ether oxygens (including phenoxy) is 1. The summed E-state index contributed by atoms with van der Waals surface area (Å²) in [5, 5.41) is 21.1. The smallest absolute Gasteiger partial charge is 0.234 e. The van der Waals surface area contributed by atoms with Gasteiger partial charge in [0.2, 0.25) is 5.91 Å². The zero-order valence-corrected chi connectivity index (χ0v) is 18.7. The van der Waals surface area contributed by atoms with E-state index in [1.807, 2.05) is 66.1 Å². The number of amides is 1.